The lowest BCUT2D eigenvalue weighted by atomic mass is 10.0. The molecule has 0 amide bonds. The van der Waals surface area contributed by atoms with Crippen molar-refractivity contribution < 1.29 is 22.7 Å². The molecule has 0 N–H and O–H groups in total. The first kappa shape index (κ1) is 19.6. The smallest absolute Gasteiger partial charge is 0.417 e. The molecule has 30 heavy (non-hydrogen) atoms. The molecular weight excluding hydrogens is 395 g/mol. The molecule has 0 radical (unpaired) electrons. The Balaban J connectivity index is 1.86. The Morgan fingerprint density at radius 3 is 2.50 bits per heavy atom. The molecule has 0 saturated heterocycles. The Morgan fingerprint density at radius 2 is 1.80 bits per heavy atom. The number of halogens is 3. The molecule has 4 rings (SSSR count). The van der Waals surface area contributed by atoms with E-state index >= 15 is 0 Å². The average molecular weight is 411 g/mol. The minimum absolute atomic E-state index is 0.159. The number of hydrogen-bond acceptors (Lipinski definition) is 4. The molecule has 8 heteroatoms. The zero-order valence-corrected chi connectivity index (χ0v) is 15.8. The Kier molecular flexibility index (Phi) is 4.99. The highest BCUT2D eigenvalue weighted by Crippen LogP contribution is 2.32. The zero-order chi connectivity index (χ0) is 21.3. The number of rotatable bonds is 4. The molecule has 0 bridgehead atoms. The van der Waals surface area contributed by atoms with Crippen LogP contribution in [-0.4, -0.2) is 27.7 Å². The fourth-order valence-electron chi connectivity index (χ4n) is 3.25. The van der Waals surface area contributed by atoms with Gasteiger partial charge in [0.25, 0.3) is 0 Å². The highest BCUT2D eigenvalue weighted by molar-refractivity contribution is 5.87. The molecule has 5 nitrogen and oxygen atoms in total. The van der Waals surface area contributed by atoms with Crippen LogP contribution in [0, 0.1) is 0 Å². The Labute approximate surface area is 169 Å². The van der Waals surface area contributed by atoms with E-state index in [9.17, 15) is 18.0 Å². The van der Waals surface area contributed by atoms with Crippen LogP contribution in [0.15, 0.2) is 66.9 Å². The first-order valence-electron chi connectivity index (χ1n) is 9.05. The van der Waals surface area contributed by atoms with E-state index in [4.69, 9.17) is 4.74 Å². The summed E-state index contributed by atoms with van der Waals surface area (Å²) in [5.74, 6) is -0.560. The Hall–Kier alpha value is -3.68. The van der Waals surface area contributed by atoms with Crippen LogP contribution in [0.3, 0.4) is 0 Å². The van der Waals surface area contributed by atoms with E-state index in [1.165, 1.54) is 17.7 Å². The van der Waals surface area contributed by atoms with E-state index < -0.39 is 17.7 Å². The topological polar surface area (TPSA) is 56.5 Å². The van der Waals surface area contributed by atoms with Crippen molar-refractivity contribution in [3.63, 3.8) is 0 Å². The third-order valence-corrected chi connectivity index (χ3v) is 4.67. The van der Waals surface area contributed by atoms with Gasteiger partial charge in [-0.3, -0.25) is 0 Å². The lowest BCUT2D eigenvalue weighted by Gasteiger charge is -2.07. The minimum Gasteiger partial charge on any atom is -0.464 e. The molecule has 0 aliphatic rings. The number of alkyl halides is 3. The van der Waals surface area contributed by atoms with Gasteiger partial charge in [-0.15, -0.1) is 0 Å². The number of nitrogens with zero attached hydrogens (tertiary/aromatic N) is 3. The van der Waals surface area contributed by atoms with Gasteiger partial charge in [-0.25, -0.2) is 14.3 Å². The summed E-state index contributed by atoms with van der Waals surface area (Å²) < 4.78 is 45.4. The quantitative estimate of drug-likeness (QED) is 0.453. The van der Waals surface area contributed by atoms with Gasteiger partial charge in [0.1, 0.15) is 5.69 Å². The number of ether oxygens (including phenoxy) is 1. The largest absolute Gasteiger partial charge is 0.464 e. The number of methoxy groups -OCH3 is 1. The number of esters is 1. The molecule has 0 aliphatic carbocycles. The van der Waals surface area contributed by atoms with Crippen LogP contribution in [-0.2, 0) is 17.3 Å². The van der Waals surface area contributed by atoms with Gasteiger partial charge in [0, 0.05) is 29.4 Å². The number of hydrogen-bond donors (Lipinski definition) is 0. The van der Waals surface area contributed by atoms with Crippen molar-refractivity contribution in [2.75, 3.05) is 7.11 Å². The van der Waals surface area contributed by atoms with Crippen LogP contribution in [0.1, 0.15) is 27.3 Å². The number of aromatic nitrogens is 3. The number of fused-ring (bicyclic) bond motifs is 1. The minimum atomic E-state index is -4.47. The van der Waals surface area contributed by atoms with Gasteiger partial charge in [-0.1, -0.05) is 36.4 Å². The predicted molar refractivity (Wildman–Crippen MR) is 104 cm³/mol. The van der Waals surface area contributed by atoms with Crippen molar-refractivity contribution in [3.05, 3.63) is 89.4 Å². The third kappa shape index (κ3) is 3.76. The number of carbonyl (C=O) groups excluding carboxylic acids is 1. The van der Waals surface area contributed by atoms with Crippen LogP contribution in [0.2, 0.25) is 0 Å². The maximum Gasteiger partial charge on any atom is 0.417 e. The van der Waals surface area contributed by atoms with Gasteiger partial charge in [0.2, 0.25) is 0 Å². The van der Waals surface area contributed by atoms with Gasteiger partial charge < -0.3 is 4.74 Å². The van der Waals surface area contributed by atoms with E-state index in [1.54, 1.807) is 18.2 Å². The van der Waals surface area contributed by atoms with Crippen molar-refractivity contribution in [2.45, 2.75) is 12.6 Å². The van der Waals surface area contributed by atoms with Crippen molar-refractivity contribution >= 4 is 11.5 Å². The third-order valence-electron chi connectivity index (χ3n) is 4.67. The molecular formula is C22H16F3N3O2. The summed E-state index contributed by atoms with van der Waals surface area (Å²) in [5, 5.41) is 4.42. The summed E-state index contributed by atoms with van der Waals surface area (Å²) >= 11 is 0. The standard InChI is InChI=1S/C22H16F3N3O2/c1-30-21(29)18-9-5-8-16(26-18)12-17-19-11-10-15(22(23,24)25)13-28(19)27-20(17)14-6-3-2-4-7-14/h2-11,13H,12H2,1H3. The summed E-state index contributed by atoms with van der Waals surface area (Å²) in [5.41, 5.74) is 2.53. The van der Waals surface area contributed by atoms with Crippen molar-refractivity contribution in [1.29, 1.82) is 0 Å². The molecule has 3 heterocycles. The van der Waals surface area contributed by atoms with Gasteiger partial charge in [0.05, 0.1) is 23.9 Å². The van der Waals surface area contributed by atoms with Crippen LogP contribution in [0.25, 0.3) is 16.8 Å². The zero-order valence-electron chi connectivity index (χ0n) is 15.8. The van der Waals surface area contributed by atoms with E-state index in [0.717, 1.165) is 17.8 Å². The summed E-state index contributed by atoms with van der Waals surface area (Å²) in [6, 6.07) is 16.6. The summed E-state index contributed by atoms with van der Waals surface area (Å²) in [6.07, 6.45) is -3.21. The van der Waals surface area contributed by atoms with E-state index in [-0.39, 0.29) is 12.1 Å². The Bertz CT molecular complexity index is 1220. The van der Waals surface area contributed by atoms with Gasteiger partial charge >= 0.3 is 12.1 Å². The van der Waals surface area contributed by atoms with Crippen molar-refractivity contribution in [1.82, 2.24) is 14.6 Å². The first-order chi connectivity index (χ1) is 14.4. The normalized spacial score (nSPS) is 11.6. The fourth-order valence-corrected chi connectivity index (χ4v) is 3.25. The average Bonchev–Trinajstić information content (AvgIpc) is 3.11. The van der Waals surface area contributed by atoms with Crippen LogP contribution < -0.4 is 0 Å². The number of pyridine rings is 2. The second kappa shape index (κ2) is 7.62. The van der Waals surface area contributed by atoms with E-state index in [0.29, 0.717) is 22.5 Å². The molecule has 152 valence electrons. The highest BCUT2D eigenvalue weighted by atomic mass is 19.4. The molecule has 0 unspecified atom stereocenters. The molecule has 0 aliphatic heterocycles. The number of benzene rings is 1. The monoisotopic (exact) mass is 411 g/mol. The maximum atomic E-state index is 13.2. The summed E-state index contributed by atoms with van der Waals surface area (Å²) in [4.78, 5) is 16.1. The highest BCUT2D eigenvalue weighted by Gasteiger charge is 2.31. The molecule has 0 fully saturated rings. The van der Waals surface area contributed by atoms with Crippen molar-refractivity contribution in [2.24, 2.45) is 0 Å². The lowest BCUT2D eigenvalue weighted by Crippen LogP contribution is -2.07. The number of carbonyl (C=O) groups is 1. The molecule has 1 aromatic carbocycles. The van der Waals surface area contributed by atoms with Crippen LogP contribution >= 0.6 is 0 Å². The first-order valence-corrected chi connectivity index (χ1v) is 9.05. The van der Waals surface area contributed by atoms with Crippen LogP contribution in [0.5, 0.6) is 0 Å². The lowest BCUT2D eigenvalue weighted by molar-refractivity contribution is -0.137. The fraction of sp³-hybridized carbons (Fsp3) is 0.136. The predicted octanol–water partition coefficient (Wildman–Crippen LogP) is 4.79. The van der Waals surface area contributed by atoms with Crippen molar-refractivity contribution in [3.8, 4) is 11.3 Å². The second-order valence-corrected chi connectivity index (χ2v) is 6.62. The maximum absolute atomic E-state index is 13.2. The van der Waals surface area contributed by atoms with Gasteiger partial charge in [-0.05, 0) is 24.3 Å². The Morgan fingerprint density at radius 1 is 1.03 bits per heavy atom. The summed E-state index contributed by atoms with van der Waals surface area (Å²) in [6.45, 7) is 0. The molecule has 0 saturated carbocycles. The molecule has 0 spiro atoms. The summed E-state index contributed by atoms with van der Waals surface area (Å²) in [7, 11) is 1.27. The van der Waals surface area contributed by atoms with Gasteiger partial charge in [0.15, 0.2) is 0 Å². The van der Waals surface area contributed by atoms with E-state index in [2.05, 4.69) is 10.1 Å². The molecule has 3 aromatic heterocycles. The van der Waals surface area contributed by atoms with Gasteiger partial charge in [-0.2, -0.15) is 18.3 Å². The van der Waals surface area contributed by atoms with Crippen LogP contribution in [0.4, 0.5) is 13.2 Å². The molecule has 0 atom stereocenters. The van der Waals surface area contributed by atoms with E-state index in [1.807, 2.05) is 30.3 Å². The second-order valence-electron chi connectivity index (χ2n) is 6.62. The molecule has 4 aromatic rings. The SMILES string of the molecule is COC(=O)c1cccc(Cc2c(-c3ccccc3)nn3cc(C(F)(F)F)ccc23)n1.